The van der Waals surface area contributed by atoms with Crippen LogP contribution < -0.4 is 10.6 Å². The zero-order valence-corrected chi connectivity index (χ0v) is 14.2. The Bertz CT molecular complexity index is 999. The van der Waals surface area contributed by atoms with Gasteiger partial charge in [0.25, 0.3) is 0 Å². The lowest BCUT2D eigenvalue weighted by atomic mass is 10.2. The molecule has 0 radical (unpaired) electrons. The molecule has 0 aliphatic heterocycles. The van der Waals surface area contributed by atoms with Crippen LogP contribution in [0.1, 0.15) is 11.1 Å². The molecule has 2 aromatic carbocycles. The molecule has 0 saturated heterocycles. The number of aromatic nitrogens is 3. The van der Waals surface area contributed by atoms with E-state index in [4.69, 9.17) is 16.9 Å². The monoisotopic (exact) mass is 390 g/mol. The third kappa shape index (κ3) is 4.62. The van der Waals surface area contributed by atoms with E-state index >= 15 is 0 Å². The molecule has 0 saturated carbocycles. The SMILES string of the molecule is N#Cc1ccc(Nc2cnnc(Nc3ccc(Cl)c(C(F)(F)F)c3)n2)cc1. The molecule has 0 aliphatic carbocycles. The second-order valence-corrected chi connectivity index (χ2v) is 5.70. The maximum absolute atomic E-state index is 12.9. The summed E-state index contributed by atoms with van der Waals surface area (Å²) < 4.78 is 38.8. The molecule has 0 spiro atoms. The Labute approximate surface area is 156 Å². The fourth-order valence-electron chi connectivity index (χ4n) is 2.14. The Morgan fingerprint density at radius 2 is 1.70 bits per heavy atom. The van der Waals surface area contributed by atoms with E-state index < -0.39 is 16.8 Å². The lowest BCUT2D eigenvalue weighted by Crippen LogP contribution is -2.07. The molecular formula is C17H10ClF3N6. The Kier molecular flexibility index (Phi) is 5.09. The number of nitriles is 1. The van der Waals surface area contributed by atoms with Gasteiger partial charge in [0.1, 0.15) is 0 Å². The summed E-state index contributed by atoms with van der Waals surface area (Å²) in [5, 5.41) is 21.5. The Hall–Kier alpha value is -3.38. The highest BCUT2D eigenvalue weighted by atomic mass is 35.5. The summed E-state index contributed by atoms with van der Waals surface area (Å²) in [4.78, 5) is 4.15. The lowest BCUT2D eigenvalue weighted by Gasteiger charge is -2.12. The molecule has 2 N–H and O–H groups in total. The van der Waals surface area contributed by atoms with Crippen molar-refractivity contribution in [2.45, 2.75) is 6.18 Å². The standard InChI is InChI=1S/C17H10ClF3N6/c18-14-6-5-12(7-13(14)17(19,20)21)25-16-26-15(9-23-27-16)24-11-3-1-10(8-22)2-4-11/h1-7,9H,(H2,24,25,26,27). The number of benzene rings is 2. The number of alkyl halides is 3. The molecule has 27 heavy (non-hydrogen) atoms. The van der Waals surface area contributed by atoms with Crippen molar-refractivity contribution < 1.29 is 13.2 Å². The number of hydrogen-bond acceptors (Lipinski definition) is 6. The van der Waals surface area contributed by atoms with E-state index in [1.807, 2.05) is 6.07 Å². The van der Waals surface area contributed by atoms with Crippen LogP contribution in [-0.2, 0) is 6.18 Å². The van der Waals surface area contributed by atoms with Crippen LogP contribution >= 0.6 is 11.6 Å². The number of hydrogen-bond donors (Lipinski definition) is 2. The van der Waals surface area contributed by atoms with Crippen molar-refractivity contribution in [2.75, 3.05) is 10.6 Å². The summed E-state index contributed by atoms with van der Waals surface area (Å²) in [5.74, 6) is 0.325. The summed E-state index contributed by atoms with van der Waals surface area (Å²) in [6.45, 7) is 0. The van der Waals surface area contributed by atoms with Gasteiger partial charge in [0.2, 0.25) is 5.95 Å². The van der Waals surface area contributed by atoms with Crippen molar-refractivity contribution in [2.24, 2.45) is 0 Å². The first-order valence-electron chi connectivity index (χ1n) is 7.46. The average Bonchev–Trinajstić information content (AvgIpc) is 2.63. The maximum atomic E-state index is 12.9. The van der Waals surface area contributed by atoms with Crippen LogP contribution in [0.5, 0.6) is 0 Å². The smallest absolute Gasteiger partial charge is 0.339 e. The first-order valence-corrected chi connectivity index (χ1v) is 7.83. The van der Waals surface area contributed by atoms with E-state index in [9.17, 15) is 13.2 Å². The highest BCUT2D eigenvalue weighted by Gasteiger charge is 2.33. The maximum Gasteiger partial charge on any atom is 0.417 e. The summed E-state index contributed by atoms with van der Waals surface area (Å²) in [6.07, 6.45) is -3.22. The predicted octanol–water partition coefficient (Wildman–Crippen LogP) is 4.90. The van der Waals surface area contributed by atoms with Gasteiger partial charge in [0.05, 0.1) is 28.4 Å². The molecule has 1 aromatic heterocycles. The van der Waals surface area contributed by atoms with E-state index in [0.717, 1.165) is 12.1 Å². The van der Waals surface area contributed by atoms with Gasteiger partial charge in [-0.05, 0) is 42.5 Å². The van der Waals surface area contributed by atoms with Crippen molar-refractivity contribution in [3.63, 3.8) is 0 Å². The molecule has 0 amide bonds. The van der Waals surface area contributed by atoms with Gasteiger partial charge in [0, 0.05) is 11.4 Å². The van der Waals surface area contributed by atoms with Crippen LogP contribution in [0.2, 0.25) is 5.02 Å². The minimum Gasteiger partial charge on any atom is -0.339 e. The average molecular weight is 391 g/mol. The molecule has 1 heterocycles. The summed E-state index contributed by atoms with van der Waals surface area (Å²) in [6, 6.07) is 12.0. The zero-order valence-electron chi connectivity index (χ0n) is 13.4. The van der Waals surface area contributed by atoms with Crippen LogP contribution in [0, 0.1) is 11.3 Å². The number of nitrogens with one attached hydrogen (secondary N) is 2. The second-order valence-electron chi connectivity index (χ2n) is 5.30. The van der Waals surface area contributed by atoms with Crippen LogP contribution in [-0.4, -0.2) is 15.2 Å². The Morgan fingerprint density at radius 1 is 1.00 bits per heavy atom. The van der Waals surface area contributed by atoms with Crippen molar-refractivity contribution in [3.8, 4) is 6.07 Å². The number of nitrogens with zero attached hydrogens (tertiary/aromatic N) is 4. The van der Waals surface area contributed by atoms with Crippen molar-refractivity contribution >= 4 is 34.7 Å². The van der Waals surface area contributed by atoms with Gasteiger partial charge < -0.3 is 10.6 Å². The molecule has 0 fully saturated rings. The van der Waals surface area contributed by atoms with Gasteiger partial charge >= 0.3 is 6.18 Å². The molecule has 0 bridgehead atoms. The largest absolute Gasteiger partial charge is 0.417 e. The van der Waals surface area contributed by atoms with Gasteiger partial charge in [-0.1, -0.05) is 11.6 Å². The van der Waals surface area contributed by atoms with Crippen LogP contribution in [0.25, 0.3) is 0 Å². The minimum absolute atomic E-state index is 0.00379. The second kappa shape index (κ2) is 7.47. The molecule has 10 heteroatoms. The van der Waals surface area contributed by atoms with Crippen molar-refractivity contribution in [1.82, 2.24) is 15.2 Å². The van der Waals surface area contributed by atoms with Crippen LogP contribution in [0.3, 0.4) is 0 Å². The molecule has 136 valence electrons. The highest BCUT2D eigenvalue weighted by Crippen LogP contribution is 2.36. The normalized spacial score (nSPS) is 10.9. The third-order valence-corrected chi connectivity index (χ3v) is 3.70. The fourth-order valence-corrected chi connectivity index (χ4v) is 2.37. The van der Waals surface area contributed by atoms with Crippen molar-refractivity contribution in [1.29, 1.82) is 5.26 Å². The first-order chi connectivity index (χ1) is 12.8. The van der Waals surface area contributed by atoms with Crippen LogP contribution in [0.15, 0.2) is 48.7 Å². The molecule has 3 rings (SSSR count). The van der Waals surface area contributed by atoms with Gasteiger partial charge in [-0.15, -0.1) is 5.10 Å². The zero-order chi connectivity index (χ0) is 19.4. The fraction of sp³-hybridized carbons (Fsp3) is 0.0588. The highest BCUT2D eigenvalue weighted by molar-refractivity contribution is 6.31. The van der Waals surface area contributed by atoms with E-state index in [0.29, 0.717) is 17.1 Å². The molecule has 3 aromatic rings. The van der Waals surface area contributed by atoms with E-state index in [-0.39, 0.29) is 11.6 Å². The van der Waals surface area contributed by atoms with Gasteiger partial charge in [-0.2, -0.15) is 28.5 Å². The molecule has 0 atom stereocenters. The van der Waals surface area contributed by atoms with Gasteiger partial charge in [-0.25, -0.2) is 0 Å². The molecular weight excluding hydrogens is 381 g/mol. The Balaban J connectivity index is 1.79. The predicted molar refractivity (Wildman–Crippen MR) is 94.0 cm³/mol. The molecule has 0 unspecified atom stereocenters. The third-order valence-electron chi connectivity index (χ3n) is 3.37. The number of anilines is 4. The Morgan fingerprint density at radius 3 is 2.37 bits per heavy atom. The summed E-state index contributed by atoms with van der Waals surface area (Å²) >= 11 is 5.60. The van der Waals surface area contributed by atoms with Gasteiger partial charge in [-0.3, -0.25) is 0 Å². The first kappa shape index (κ1) is 18.4. The minimum atomic E-state index is -4.58. The lowest BCUT2D eigenvalue weighted by molar-refractivity contribution is -0.137. The van der Waals surface area contributed by atoms with E-state index in [1.54, 1.807) is 24.3 Å². The van der Waals surface area contributed by atoms with Crippen molar-refractivity contribution in [3.05, 3.63) is 64.8 Å². The number of rotatable bonds is 4. The quantitative estimate of drug-likeness (QED) is 0.658. The molecule has 0 aliphatic rings. The molecule has 6 nitrogen and oxygen atoms in total. The van der Waals surface area contributed by atoms with E-state index in [2.05, 4.69) is 25.8 Å². The number of halogens is 4. The van der Waals surface area contributed by atoms with Gasteiger partial charge in [0.15, 0.2) is 5.82 Å². The van der Waals surface area contributed by atoms with E-state index in [1.165, 1.54) is 12.3 Å². The topological polar surface area (TPSA) is 86.5 Å². The summed E-state index contributed by atoms with van der Waals surface area (Å²) in [5.41, 5.74) is 0.316. The summed E-state index contributed by atoms with van der Waals surface area (Å²) in [7, 11) is 0. The van der Waals surface area contributed by atoms with Crippen LogP contribution in [0.4, 0.5) is 36.3 Å².